The van der Waals surface area contributed by atoms with Gasteiger partial charge in [0.25, 0.3) is 0 Å². The third-order valence-corrected chi connectivity index (χ3v) is 2.64. The van der Waals surface area contributed by atoms with Gasteiger partial charge in [-0.15, -0.1) is 0 Å². The summed E-state index contributed by atoms with van der Waals surface area (Å²) in [5.41, 5.74) is -6.17. The van der Waals surface area contributed by atoms with Crippen LogP contribution in [0.2, 0.25) is 0 Å². The molecule has 1 fully saturated rings. The number of hydrogen-bond donors (Lipinski definition) is 0. The summed E-state index contributed by atoms with van der Waals surface area (Å²) in [6.07, 6.45) is -12.9. The Morgan fingerprint density at radius 1 is 0.944 bits per heavy atom. The van der Waals surface area contributed by atoms with E-state index >= 15 is 0 Å². The van der Waals surface area contributed by atoms with Gasteiger partial charge in [-0.05, 0) is 0 Å². The van der Waals surface area contributed by atoms with Crippen molar-refractivity contribution in [3.05, 3.63) is 0 Å². The predicted molar refractivity (Wildman–Crippen MR) is 35.6 cm³/mol. The topological polar surface area (TPSA) is 26.3 Å². The zero-order valence-corrected chi connectivity index (χ0v) is 8.35. The molecule has 2 atom stereocenters. The molecule has 0 spiro atoms. The smallest absolute Gasteiger partial charge is 0.424 e. The number of carbonyl (C=O) groups is 1. The largest absolute Gasteiger partial charge is 0.450 e. The minimum atomic E-state index is -6.63. The molecule has 0 N–H and O–H groups in total. The zero-order valence-electron chi connectivity index (χ0n) is 7.60. The lowest BCUT2D eigenvalue weighted by molar-refractivity contribution is -0.320. The third-order valence-electron chi connectivity index (χ3n) is 2.11. The number of halogens is 10. The summed E-state index contributed by atoms with van der Waals surface area (Å²) >= 11 is 4.17. The van der Waals surface area contributed by atoms with Gasteiger partial charge in [0.2, 0.25) is 0 Å². The van der Waals surface area contributed by atoms with Gasteiger partial charge in [0.15, 0.2) is 0 Å². The fraction of sp³-hybridized carbons (Fsp3) is 0.833. The second-order valence-corrected chi connectivity index (χ2v) is 3.75. The Balaban J connectivity index is 3.52. The van der Waals surface area contributed by atoms with Gasteiger partial charge in [-0.2, -0.15) is 35.1 Å². The molecule has 1 rings (SSSR count). The molecule has 2 nitrogen and oxygen atoms in total. The van der Waals surface area contributed by atoms with Gasteiger partial charge in [0, 0.05) is 0 Å². The Morgan fingerprint density at radius 2 is 1.33 bits per heavy atom. The third kappa shape index (κ3) is 1.42. The van der Waals surface area contributed by atoms with Crippen molar-refractivity contribution in [3.8, 4) is 0 Å². The van der Waals surface area contributed by atoms with E-state index in [9.17, 15) is 44.3 Å². The number of carbonyl (C=O) groups excluding carboxylic acids is 1. The summed E-state index contributed by atoms with van der Waals surface area (Å²) in [6, 6.07) is 0. The minimum absolute atomic E-state index is 2.73. The molecular weight excluding hydrogens is 310 g/mol. The molecule has 1 aliphatic heterocycles. The lowest BCUT2D eigenvalue weighted by Crippen LogP contribution is -2.64. The number of esters is 1. The molecule has 0 radical (unpaired) electrons. The van der Waals surface area contributed by atoms with E-state index in [1.807, 2.05) is 0 Å². The quantitative estimate of drug-likeness (QED) is 0.391. The van der Waals surface area contributed by atoms with Crippen molar-refractivity contribution < 1.29 is 49.0 Å². The van der Waals surface area contributed by atoms with Crippen LogP contribution in [0, 0.1) is 0 Å². The molecule has 0 aliphatic carbocycles. The Morgan fingerprint density at radius 3 is 1.50 bits per heavy atom. The van der Waals surface area contributed by atoms with Crippen LogP contribution in [0.1, 0.15) is 0 Å². The Hall–Kier alpha value is -0.870. The molecule has 0 unspecified atom stereocenters. The molecule has 0 aromatic rings. The van der Waals surface area contributed by atoms with E-state index in [1.165, 1.54) is 0 Å². The van der Waals surface area contributed by atoms with E-state index in [-0.39, 0.29) is 0 Å². The van der Waals surface area contributed by atoms with Crippen LogP contribution in [0.25, 0.3) is 0 Å². The van der Waals surface area contributed by atoms with E-state index in [1.54, 1.807) is 0 Å². The summed E-state index contributed by atoms with van der Waals surface area (Å²) in [6.45, 7) is 0. The van der Waals surface area contributed by atoms with Gasteiger partial charge in [0.05, 0.1) is 0 Å². The van der Waals surface area contributed by atoms with E-state index < -0.39 is 35.0 Å². The van der Waals surface area contributed by atoms with Gasteiger partial charge < -0.3 is 4.74 Å². The molecule has 1 aliphatic rings. The maximum absolute atomic E-state index is 13.1. The van der Waals surface area contributed by atoms with Crippen molar-refractivity contribution in [1.82, 2.24) is 0 Å². The van der Waals surface area contributed by atoms with E-state index in [4.69, 9.17) is 0 Å². The Labute approximate surface area is 96.6 Å². The molecule has 0 amide bonds. The van der Waals surface area contributed by atoms with Gasteiger partial charge in [0.1, 0.15) is 0 Å². The van der Waals surface area contributed by atoms with Crippen LogP contribution in [0.4, 0.5) is 39.5 Å². The van der Waals surface area contributed by atoms with Gasteiger partial charge in [-0.25, -0.2) is 9.18 Å². The van der Waals surface area contributed by atoms with Crippen molar-refractivity contribution >= 4 is 17.6 Å². The molecule has 1 heterocycles. The monoisotopic (exact) mass is 310 g/mol. The Bertz CT molecular complexity index is 387. The van der Waals surface area contributed by atoms with Crippen molar-refractivity contribution in [1.29, 1.82) is 0 Å². The van der Waals surface area contributed by atoms with Crippen molar-refractivity contribution in [2.75, 3.05) is 0 Å². The molecule has 0 bridgehead atoms. The lowest BCUT2D eigenvalue weighted by Gasteiger charge is -2.31. The molecule has 0 aromatic heterocycles. The summed E-state index contributed by atoms with van der Waals surface area (Å²) in [7, 11) is 0. The fourth-order valence-electron chi connectivity index (χ4n) is 1.14. The molecule has 0 aromatic carbocycles. The second-order valence-electron chi connectivity index (χ2n) is 3.21. The summed E-state index contributed by atoms with van der Waals surface area (Å²) < 4.78 is 114. The highest BCUT2D eigenvalue weighted by Crippen LogP contribution is 2.62. The summed E-state index contributed by atoms with van der Waals surface area (Å²) in [4.78, 5) is 10.4. The fourth-order valence-corrected chi connectivity index (χ4v) is 1.34. The van der Waals surface area contributed by atoms with Gasteiger partial charge in [-0.1, -0.05) is 11.6 Å². The van der Waals surface area contributed by atoms with E-state index in [2.05, 4.69) is 16.3 Å². The maximum Gasteiger partial charge on any atom is 0.450 e. The van der Waals surface area contributed by atoms with E-state index in [0.717, 1.165) is 0 Å². The molecule has 0 saturated carbocycles. The van der Waals surface area contributed by atoms with Crippen LogP contribution in [-0.2, 0) is 9.53 Å². The van der Waals surface area contributed by atoms with Crippen molar-refractivity contribution in [3.63, 3.8) is 0 Å². The number of rotatable bonds is 0. The second kappa shape index (κ2) is 3.36. The van der Waals surface area contributed by atoms with Crippen LogP contribution in [0.3, 0.4) is 0 Å². The molecule has 18 heavy (non-hydrogen) atoms. The van der Waals surface area contributed by atoms with Gasteiger partial charge >= 0.3 is 35.0 Å². The average molecular weight is 310 g/mol. The van der Waals surface area contributed by atoms with Crippen LogP contribution >= 0.6 is 11.6 Å². The van der Waals surface area contributed by atoms with Crippen LogP contribution in [0.5, 0.6) is 0 Å². The van der Waals surface area contributed by atoms with Crippen molar-refractivity contribution in [2.24, 2.45) is 0 Å². The highest BCUT2D eigenvalue weighted by molar-refractivity contribution is 6.26. The minimum Gasteiger partial charge on any atom is -0.424 e. The van der Waals surface area contributed by atoms with Gasteiger partial charge in [-0.3, -0.25) is 0 Å². The first-order valence-corrected chi connectivity index (χ1v) is 4.13. The molecule has 1 saturated heterocycles. The Kier molecular flexibility index (Phi) is 2.84. The normalized spacial score (nSPS) is 36.7. The zero-order chi connectivity index (χ0) is 14.8. The van der Waals surface area contributed by atoms with Crippen molar-refractivity contribution in [2.45, 2.75) is 29.0 Å². The summed E-state index contributed by atoms with van der Waals surface area (Å²) in [5, 5.41) is -5.42. The first-order chi connectivity index (χ1) is 7.63. The predicted octanol–water partition coefficient (Wildman–Crippen LogP) is 2.95. The maximum atomic E-state index is 13.1. The highest BCUT2D eigenvalue weighted by Gasteiger charge is 2.94. The first-order valence-electron chi connectivity index (χ1n) is 3.75. The average Bonchev–Trinajstić information content (AvgIpc) is 2.24. The molecular formula is C6ClF9O2. The number of cyclic esters (lactones) is 1. The van der Waals surface area contributed by atoms with Crippen LogP contribution < -0.4 is 0 Å². The van der Waals surface area contributed by atoms with E-state index in [0.29, 0.717) is 0 Å². The molecule has 106 valence electrons. The lowest BCUT2D eigenvalue weighted by atomic mass is 9.95. The summed E-state index contributed by atoms with van der Waals surface area (Å²) in [5.74, 6) is -9.83. The van der Waals surface area contributed by atoms with Crippen LogP contribution in [-0.4, -0.2) is 35.0 Å². The SMILES string of the molecule is O=C1O[C@@](Cl)(C(F)(F)F)C(F)(F)[C@@]1(F)C(F)(F)F. The molecule has 12 heteroatoms. The standard InChI is InChI=1S/C6ClF9O2/c7-3(6(14,15)16)4(9,10)2(8,1(17)18-3)5(11,12)13/t2-,3-/m1/s1. The first kappa shape index (κ1) is 15.2. The number of alkyl halides is 10. The number of hydrogen-bond acceptors (Lipinski definition) is 2. The highest BCUT2D eigenvalue weighted by atomic mass is 35.5. The number of ether oxygens (including phenoxy) is 1. The van der Waals surface area contributed by atoms with Crippen LogP contribution in [0.15, 0.2) is 0 Å².